The number of hydrogen-bond acceptors (Lipinski definition) is 4. The largest absolute Gasteiger partial charge is 0.444 e. The maximum absolute atomic E-state index is 12.4. The van der Waals surface area contributed by atoms with Crippen LogP contribution in [0.5, 0.6) is 0 Å². The van der Waals surface area contributed by atoms with Crippen molar-refractivity contribution in [3.8, 4) is 0 Å². The van der Waals surface area contributed by atoms with Gasteiger partial charge in [0.15, 0.2) is 0 Å². The molecule has 5 nitrogen and oxygen atoms in total. The van der Waals surface area contributed by atoms with Crippen LogP contribution in [-0.2, 0) is 4.74 Å². The lowest BCUT2D eigenvalue weighted by atomic mass is 9.80. The van der Waals surface area contributed by atoms with Gasteiger partial charge in [0, 0.05) is 18.5 Å². The molecular weight excluding hydrogens is 256 g/mol. The SMILES string of the molecule is CC(C)(C)OC(=O)N1CCCCC2/C(=N\O)CCCC21. The zero-order valence-electron chi connectivity index (χ0n) is 12.8. The van der Waals surface area contributed by atoms with Gasteiger partial charge in [0.2, 0.25) is 0 Å². The van der Waals surface area contributed by atoms with E-state index in [2.05, 4.69) is 5.16 Å². The molecule has 1 aliphatic carbocycles. The van der Waals surface area contributed by atoms with Gasteiger partial charge < -0.3 is 14.8 Å². The predicted octanol–water partition coefficient (Wildman–Crippen LogP) is 3.41. The van der Waals surface area contributed by atoms with Crippen LogP contribution in [0.1, 0.15) is 59.3 Å². The molecule has 1 saturated heterocycles. The number of likely N-dealkylation sites (tertiary alicyclic amines) is 1. The molecule has 1 saturated carbocycles. The van der Waals surface area contributed by atoms with Gasteiger partial charge in [-0.1, -0.05) is 11.6 Å². The first-order valence-electron chi connectivity index (χ1n) is 7.63. The second-order valence-corrected chi connectivity index (χ2v) is 6.83. The minimum absolute atomic E-state index is 0.131. The van der Waals surface area contributed by atoms with Gasteiger partial charge in [0.25, 0.3) is 0 Å². The van der Waals surface area contributed by atoms with E-state index >= 15 is 0 Å². The maximum atomic E-state index is 12.4. The molecule has 2 atom stereocenters. The quantitative estimate of drug-likeness (QED) is 0.547. The number of rotatable bonds is 0. The van der Waals surface area contributed by atoms with Gasteiger partial charge in [-0.3, -0.25) is 0 Å². The molecule has 1 heterocycles. The summed E-state index contributed by atoms with van der Waals surface area (Å²) in [4.78, 5) is 14.3. The minimum Gasteiger partial charge on any atom is -0.444 e. The highest BCUT2D eigenvalue weighted by molar-refractivity contribution is 5.88. The predicted molar refractivity (Wildman–Crippen MR) is 77.1 cm³/mol. The lowest BCUT2D eigenvalue weighted by Gasteiger charge is -2.38. The molecule has 1 N–H and O–H groups in total. The molecule has 0 aromatic rings. The average Bonchev–Trinajstić information content (AvgIpc) is 2.58. The van der Waals surface area contributed by atoms with Gasteiger partial charge in [-0.15, -0.1) is 0 Å². The number of fused-ring (bicyclic) bond motifs is 1. The van der Waals surface area contributed by atoms with Crippen molar-refractivity contribution < 1.29 is 14.7 Å². The molecule has 2 fully saturated rings. The van der Waals surface area contributed by atoms with Crippen LogP contribution in [0.3, 0.4) is 0 Å². The standard InChI is InChI=1S/C15H26N2O3/c1-15(2,3)20-14(18)17-10-5-4-7-11-12(16-19)8-6-9-13(11)17/h11,13,19H,4-10H2,1-3H3/b16-12-. The van der Waals surface area contributed by atoms with Crippen molar-refractivity contribution in [2.75, 3.05) is 6.54 Å². The number of amides is 1. The Labute approximate surface area is 121 Å². The van der Waals surface area contributed by atoms with Crippen LogP contribution in [0.25, 0.3) is 0 Å². The zero-order valence-corrected chi connectivity index (χ0v) is 12.8. The van der Waals surface area contributed by atoms with Crippen LogP contribution in [0, 0.1) is 5.92 Å². The van der Waals surface area contributed by atoms with E-state index in [4.69, 9.17) is 4.74 Å². The van der Waals surface area contributed by atoms with Crippen LogP contribution in [0.4, 0.5) is 4.79 Å². The molecule has 114 valence electrons. The summed E-state index contributed by atoms with van der Waals surface area (Å²) >= 11 is 0. The van der Waals surface area contributed by atoms with Crippen LogP contribution in [0.15, 0.2) is 5.16 Å². The van der Waals surface area contributed by atoms with Gasteiger partial charge in [-0.2, -0.15) is 0 Å². The van der Waals surface area contributed by atoms with E-state index in [-0.39, 0.29) is 18.1 Å². The first-order valence-corrected chi connectivity index (χ1v) is 7.63. The molecule has 0 radical (unpaired) electrons. The monoisotopic (exact) mass is 282 g/mol. The van der Waals surface area contributed by atoms with Crippen molar-refractivity contribution >= 4 is 11.8 Å². The number of nitrogens with zero attached hydrogens (tertiary/aromatic N) is 2. The van der Waals surface area contributed by atoms with E-state index in [0.29, 0.717) is 0 Å². The van der Waals surface area contributed by atoms with E-state index in [1.165, 1.54) is 0 Å². The molecule has 1 aliphatic heterocycles. The van der Waals surface area contributed by atoms with E-state index in [0.717, 1.165) is 50.8 Å². The Bertz CT molecular complexity index is 387. The third-order valence-electron chi connectivity index (χ3n) is 4.15. The summed E-state index contributed by atoms with van der Waals surface area (Å²) in [6, 6.07) is 0.131. The van der Waals surface area contributed by atoms with Crippen LogP contribution >= 0.6 is 0 Å². The lowest BCUT2D eigenvalue weighted by molar-refractivity contribution is 0.0122. The van der Waals surface area contributed by atoms with E-state index in [1.54, 1.807) is 0 Å². The average molecular weight is 282 g/mol. The summed E-state index contributed by atoms with van der Waals surface area (Å²) in [6.07, 6.45) is 5.63. The van der Waals surface area contributed by atoms with Crippen molar-refractivity contribution in [2.45, 2.75) is 70.9 Å². The van der Waals surface area contributed by atoms with Gasteiger partial charge in [-0.25, -0.2) is 4.79 Å². The van der Waals surface area contributed by atoms with Crippen LogP contribution in [0.2, 0.25) is 0 Å². The van der Waals surface area contributed by atoms with E-state index < -0.39 is 5.60 Å². The number of carbonyl (C=O) groups is 1. The maximum Gasteiger partial charge on any atom is 0.410 e. The summed E-state index contributed by atoms with van der Waals surface area (Å²) in [6.45, 7) is 6.42. The second kappa shape index (κ2) is 6.02. The molecule has 5 heteroatoms. The molecular formula is C15H26N2O3. The van der Waals surface area contributed by atoms with Gasteiger partial charge in [0.1, 0.15) is 5.60 Å². The smallest absolute Gasteiger partial charge is 0.410 e. The number of hydrogen-bond donors (Lipinski definition) is 1. The van der Waals surface area contributed by atoms with E-state index in [9.17, 15) is 10.0 Å². The summed E-state index contributed by atoms with van der Waals surface area (Å²) in [7, 11) is 0. The fraction of sp³-hybridized carbons (Fsp3) is 0.867. The van der Waals surface area contributed by atoms with Gasteiger partial charge in [-0.05, 0) is 52.9 Å². The summed E-state index contributed by atoms with van der Waals surface area (Å²) in [5.74, 6) is 0.198. The molecule has 1 amide bonds. The fourth-order valence-electron chi connectivity index (χ4n) is 3.32. The highest BCUT2D eigenvalue weighted by Crippen LogP contribution is 2.34. The summed E-state index contributed by atoms with van der Waals surface area (Å²) in [5, 5.41) is 12.7. The molecule has 0 aromatic carbocycles. The number of oxime groups is 1. The lowest BCUT2D eigenvalue weighted by Crippen LogP contribution is -2.49. The zero-order chi connectivity index (χ0) is 14.8. The number of ether oxygens (including phenoxy) is 1. The second-order valence-electron chi connectivity index (χ2n) is 6.83. The molecule has 0 bridgehead atoms. The normalized spacial score (nSPS) is 29.8. The van der Waals surface area contributed by atoms with Crippen LogP contribution < -0.4 is 0 Å². The molecule has 20 heavy (non-hydrogen) atoms. The third kappa shape index (κ3) is 3.44. The van der Waals surface area contributed by atoms with Crippen molar-refractivity contribution in [3.63, 3.8) is 0 Å². The summed E-state index contributed by atoms with van der Waals surface area (Å²) in [5.41, 5.74) is 0.387. The Morgan fingerprint density at radius 3 is 2.70 bits per heavy atom. The first kappa shape index (κ1) is 15.1. The Kier molecular flexibility index (Phi) is 4.55. The van der Waals surface area contributed by atoms with Crippen molar-refractivity contribution in [1.29, 1.82) is 0 Å². The highest BCUT2D eigenvalue weighted by atomic mass is 16.6. The first-order chi connectivity index (χ1) is 9.42. The highest BCUT2D eigenvalue weighted by Gasteiger charge is 2.39. The van der Waals surface area contributed by atoms with Crippen molar-refractivity contribution in [1.82, 2.24) is 4.90 Å². The van der Waals surface area contributed by atoms with Gasteiger partial charge >= 0.3 is 6.09 Å². The molecule has 2 aliphatic rings. The van der Waals surface area contributed by atoms with Gasteiger partial charge in [0.05, 0.1) is 5.71 Å². The van der Waals surface area contributed by atoms with Crippen LogP contribution in [-0.4, -0.2) is 40.1 Å². The molecule has 0 aromatic heterocycles. The fourth-order valence-corrected chi connectivity index (χ4v) is 3.32. The summed E-state index contributed by atoms with van der Waals surface area (Å²) < 4.78 is 5.54. The Hall–Kier alpha value is -1.26. The topological polar surface area (TPSA) is 62.1 Å². The Balaban J connectivity index is 2.17. The Morgan fingerprint density at radius 2 is 2.05 bits per heavy atom. The third-order valence-corrected chi connectivity index (χ3v) is 4.15. The molecule has 0 spiro atoms. The number of carbonyl (C=O) groups excluding carboxylic acids is 1. The van der Waals surface area contributed by atoms with Crippen molar-refractivity contribution in [2.24, 2.45) is 11.1 Å². The molecule has 2 rings (SSSR count). The van der Waals surface area contributed by atoms with E-state index in [1.807, 2.05) is 25.7 Å². The minimum atomic E-state index is -0.471. The molecule has 2 unspecified atom stereocenters. The Morgan fingerprint density at radius 1 is 1.30 bits per heavy atom. The van der Waals surface area contributed by atoms with Crippen molar-refractivity contribution in [3.05, 3.63) is 0 Å².